The van der Waals surface area contributed by atoms with Gasteiger partial charge in [-0.1, -0.05) is 63.2 Å². The van der Waals surface area contributed by atoms with Gasteiger partial charge in [-0.25, -0.2) is 0 Å². The lowest BCUT2D eigenvalue weighted by Gasteiger charge is -2.13. The zero-order chi connectivity index (χ0) is 15.1. The standard InChI is InChI=1S/C16H22O3S/c1-4-5-12-6-8-13(9-7-12)16(19)20-14(15(17)18)10-11(2)3/h6-9,11,14H,4-5,10H2,1-3H3,(H,17,18). The lowest BCUT2D eigenvalue weighted by molar-refractivity contribution is -0.136. The van der Waals surface area contributed by atoms with E-state index >= 15 is 0 Å². The molecule has 0 radical (unpaired) electrons. The molecule has 0 heterocycles. The highest BCUT2D eigenvalue weighted by atomic mass is 32.2. The number of thioether (sulfide) groups is 1. The fraction of sp³-hybridized carbons (Fsp3) is 0.500. The van der Waals surface area contributed by atoms with Gasteiger partial charge in [0.2, 0.25) is 5.12 Å². The highest BCUT2D eigenvalue weighted by Gasteiger charge is 2.23. The summed E-state index contributed by atoms with van der Waals surface area (Å²) < 4.78 is 0. The monoisotopic (exact) mass is 294 g/mol. The topological polar surface area (TPSA) is 54.4 Å². The first kappa shape index (κ1) is 16.8. The minimum absolute atomic E-state index is 0.166. The van der Waals surface area contributed by atoms with Crippen molar-refractivity contribution < 1.29 is 14.7 Å². The number of rotatable bonds is 7. The number of hydrogen-bond donors (Lipinski definition) is 1. The van der Waals surface area contributed by atoms with Gasteiger partial charge in [0.25, 0.3) is 0 Å². The summed E-state index contributed by atoms with van der Waals surface area (Å²) >= 11 is 0.915. The second-order valence-corrected chi connectivity index (χ2v) is 6.48. The summed E-state index contributed by atoms with van der Waals surface area (Å²) in [5.41, 5.74) is 1.77. The molecule has 1 N–H and O–H groups in total. The number of carboxylic acid groups (broad SMARTS) is 1. The Morgan fingerprint density at radius 1 is 1.20 bits per heavy atom. The summed E-state index contributed by atoms with van der Waals surface area (Å²) in [7, 11) is 0. The Balaban J connectivity index is 2.70. The molecule has 20 heavy (non-hydrogen) atoms. The lowest BCUT2D eigenvalue weighted by Crippen LogP contribution is -2.20. The van der Waals surface area contributed by atoms with Gasteiger partial charge >= 0.3 is 5.97 Å². The zero-order valence-corrected chi connectivity index (χ0v) is 13.1. The van der Waals surface area contributed by atoms with Crippen molar-refractivity contribution in [3.05, 3.63) is 35.4 Å². The summed E-state index contributed by atoms with van der Waals surface area (Å²) in [6.07, 6.45) is 2.56. The van der Waals surface area contributed by atoms with E-state index in [0.717, 1.165) is 24.6 Å². The SMILES string of the molecule is CCCc1ccc(C(=O)SC(CC(C)C)C(=O)O)cc1. The fourth-order valence-corrected chi connectivity index (χ4v) is 3.03. The van der Waals surface area contributed by atoms with Crippen LogP contribution in [0.5, 0.6) is 0 Å². The van der Waals surface area contributed by atoms with Gasteiger partial charge in [0.05, 0.1) is 0 Å². The summed E-state index contributed by atoms with van der Waals surface area (Å²) in [5, 5.41) is 8.32. The Bertz CT molecular complexity index is 451. The van der Waals surface area contributed by atoms with Crippen LogP contribution in [-0.4, -0.2) is 21.4 Å². The zero-order valence-electron chi connectivity index (χ0n) is 12.3. The Labute approximate surface area is 124 Å². The van der Waals surface area contributed by atoms with Crippen molar-refractivity contribution in [2.24, 2.45) is 5.92 Å². The van der Waals surface area contributed by atoms with E-state index in [1.165, 1.54) is 5.56 Å². The molecule has 1 unspecified atom stereocenters. The molecule has 1 aromatic rings. The molecule has 0 aliphatic carbocycles. The van der Waals surface area contributed by atoms with E-state index in [9.17, 15) is 9.59 Å². The molecule has 1 rings (SSSR count). The van der Waals surface area contributed by atoms with Gasteiger partial charge in [-0.05, 0) is 24.3 Å². The number of aryl methyl sites for hydroxylation is 1. The molecular weight excluding hydrogens is 272 g/mol. The third kappa shape index (κ3) is 5.37. The average Bonchev–Trinajstić information content (AvgIpc) is 2.38. The molecule has 0 bridgehead atoms. The average molecular weight is 294 g/mol. The van der Waals surface area contributed by atoms with Crippen molar-refractivity contribution in [2.75, 3.05) is 0 Å². The molecule has 1 atom stereocenters. The van der Waals surface area contributed by atoms with Crippen LogP contribution < -0.4 is 0 Å². The minimum atomic E-state index is -0.917. The fourth-order valence-electron chi connectivity index (χ4n) is 1.92. The molecule has 3 nitrogen and oxygen atoms in total. The van der Waals surface area contributed by atoms with Gasteiger partial charge in [0.15, 0.2) is 0 Å². The Morgan fingerprint density at radius 2 is 1.80 bits per heavy atom. The van der Waals surface area contributed by atoms with Crippen LogP contribution in [0.1, 0.15) is 49.5 Å². The summed E-state index contributed by atoms with van der Waals surface area (Å²) in [4.78, 5) is 23.3. The Hall–Kier alpha value is -1.29. The first-order chi connectivity index (χ1) is 9.43. The van der Waals surface area contributed by atoms with Crippen molar-refractivity contribution in [2.45, 2.75) is 45.3 Å². The lowest BCUT2D eigenvalue weighted by atomic mass is 10.1. The number of carbonyl (C=O) groups is 2. The van der Waals surface area contributed by atoms with Gasteiger partial charge in [-0.15, -0.1) is 0 Å². The molecule has 0 saturated carbocycles. The number of hydrogen-bond acceptors (Lipinski definition) is 3. The Morgan fingerprint density at radius 3 is 2.25 bits per heavy atom. The van der Waals surface area contributed by atoms with Crippen LogP contribution in [0.2, 0.25) is 0 Å². The van der Waals surface area contributed by atoms with Crippen molar-refractivity contribution in [3.63, 3.8) is 0 Å². The predicted octanol–water partition coefficient (Wildman–Crippen LogP) is 4.01. The molecule has 4 heteroatoms. The van der Waals surface area contributed by atoms with E-state index in [1.54, 1.807) is 12.1 Å². The maximum atomic E-state index is 12.1. The minimum Gasteiger partial charge on any atom is -0.480 e. The van der Waals surface area contributed by atoms with Crippen LogP contribution in [0, 0.1) is 5.92 Å². The van der Waals surface area contributed by atoms with Crippen LogP contribution in [0.15, 0.2) is 24.3 Å². The molecule has 1 aromatic carbocycles. The largest absolute Gasteiger partial charge is 0.480 e. The van der Waals surface area contributed by atoms with E-state index in [0.29, 0.717) is 12.0 Å². The van der Waals surface area contributed by atoms with Gasteiger partial charge in [-0.3, -0.25) is 9.59 Å². The molecule has 0 aliphatic heterocycles. The summed E-state index contributed by atoms with van der Waals surface area (Å²) in [6, 6.07) is 7.45. The van der Waals surface area contributed by atoms with E-state index in [1.807, 2.05) is 26.0 Å². The number of benzene rings is 1. The maximum absolute atomic E-state index is 12.1. The van der Waals surface area contributed by atoms with E-state index in [2.05, 4.69) is 6.92 Å². The molecule has 0 aliphatic rings. The third-order valence-corrected chi connectivity index (χ3v) is 4.07. The van der Waals surface area contributed by atoms with E-state index in [4.69, 9.17) is 5.11 Å². The second-order valence-electron chi connectivity index (χ2n) is 5.31. The van der Waals surface area contributed by atoms with E-state index < -0.39 is 11.2 Å². The molecule has 0 spiro atoms. The quantitative estimate of drug-likeness (QED) is 0.825. The first-order valence-electron chi connectivity index (χ1n) is 6.96. The number of carboxylic acids is 1. The van der Waals surface area contributed by atoms with Gasteiger partial charge in [0.1, 0.15) is 5.25 Å². The van der Waals surface area contributed by atoms with Crippen LogP contribution in [-0.2, 0) is 11.2 Å². The normalized spacial score (nSPS) is 12.4. The van der Waals surface area contributed by atoms with Gasteiger partial charge in [-0.2, -0.15) is 0 Å². The second kappa shape index (κ2) is 8.10. The molecular formula is C16H22O3S. The maximum Gasteiger partial charge on any atom is 0.317 e. The van der Waals surface area contributed by atoms with Crippen molar-refractivity contribution in [3.8, 4) is 0 Å². The molecule has 0 aromatic heterocycles. The highest BCUT2D eigenvalue weighted by molar-refractivity contribution is 8.15. The van der Waals surface area contributed by atoms with Crippen molar-refractivity contribution in [1.82, 2.24) is 0 Å². The summed E-state index contributed by atoms with van der Waals surface area (Å²) in [6.45, 7) is 6.03. The number of aliphatic carboxylic acids is 1. The van der Waals surface area contributed by atoms with Crippen molar-refractivity contribution in [1.29, 1.82) is 0 Å². The molecule has 0 fully saturated rings. The summed E-state index contributed by atoms with van der Waals surface area (Å²) in [5.74, 6) is -0.664. The molecule has 0 amide bonds. The predicted molar refractivity (Wildman–Crippen MR) is 83.2 cm³/mol. The smallest absolute Gasteiger partial charge is 0.317 e. The van der Waals surface area contributed by atoms with Crippen LogP contribution in [0.25, 0.3) is 0 Å². The van der Waals surface area contributed by atoms with Crippen LogP contribution in [0.4, 0.5) is 0 Å². The Kier molecular flexibility index (Phi) is 6.79. The van der Waals surface area contributed by atoms with Crippen molar-refractivity contribution >= 4 is 22.8 Å². The molecule has 0 saturated heterocycles. The third-order valence-electron chi connectivity index (χ3n) is 2.94. The van der Waals surface area contributed by atoms with Gasteiger partial charge < -0.3 is 5.11 Å². The molecule has 110 valence electrons. The van der Waals surface area contributed by atoms with E-state index in [-0.39, 0.29) is 11.0 Å². The number of carbonyl (C=O) groups excluding carboxylic acids is 1. The first-order valence-corrected chi connectivity index (χ1v) is 7.84. The van der Waals surface area contributed by atoms with Crippen LogP contribution >= 0.6 is 11.8 Å². The highest BCUT2D eigenvalue weighted by Crippen LogP contribution is 2.24. The van der Waals surface area contributed by atoms with Gasteiger partial charge in [0, 0.05) is 5.56 Å². The van der Waals surface area contributed by atoms with Crippen LogP contribution in [0.3, 0.4) is 0 Å².